The number of nitrogens with two attached hydrogens (primary N) is 1. The van der Waals surface area contributed by atoms with E-state index in [1.165, 1.54) is 6.07 Å². The topological polar surface area (TPSA) is 52.0 Å². The highest BCUT2D eigenvalue weighted by molar-refractivity contribution is 5.73. The quantitative estimate of drug-likeness (QED) is 0.882. The molecule has 0 radical (unpaired) electrons. The number of alkyl halides is 3. The summed E-state index contributed by atoms with van der Waals surface area (Å²) in [6.07, 6.45) is -3.76. The van der Waals surface area contributed by atoms with E-state index in [0.717, 1.165) is 12.1 Å². The zero-order chi connectivity index (χ0) is 12.6. The normalized spacial score (nSPS) is 14.2. The van der Waals surface area contributed by atoms with E-state index < -0.39 is 17.8 Å². The molecule has 17 heavy (non-hydrogen) atoms. The third-order valence-corrected chi connectivity index (χ3v) is 2.49. The first kappa shape index (κ1) is 11.9. The van der Waals surface area contributed by atoms with Gasteiger partial charge in [0.1, 0.15) is 5.52 Å². The Kier molecular flexibility index (Phi) is 2.82. The lowest BCUT2D eigenvalue weighted by atomic mass is 10.2. The Hall–Kier alpha value is -1.56. The molecule has 0 aliphatic heterocycles. The number of benzene rings is 1. The van der Waals surface area contributed by atoms with Gasteiger partial charge < -0.3 is 10.2 Å². The van der Waals surface area contributed by atoms with Gasteiger partial charge in [-0.3, -0.25) is 0 Å². The smallest absolute Gasteiger partial charge is 0.416 e. The van der Waals surface area contributed by atoms with Gasteiger partial charge in [0.15, 0.2) is 5.58 Å². The zero-order valence-corrected chi connectivity index (χ0v) is 9.08. The number of nitrogens with zero attached hydrogens (tertiary/aromatic N) is 1. The second-order valence-corrected chi connectivity index (χ2v) is 3.75. The average Bonchev–Trinajstić information content (AvgIpc) is 2.69. The van der Waals surface area contributed by atoms with Crippen LogP contribution in [0.25, 0.3) is 11.1 Å². The summed E-state index contributed by atoms with van der Waals surface area (Å²) in [6.45, 7) is 1.85. The number of aromatic nitrogens is 1. The number of hydrogen-bond acceptors (Lipinski definition) is 3. The van der Waals surface area contributed by atoms with Gasteiger partial charge in [-0.15, -0.1) is 0 Å². The SMILES string of the molecule is CCC(N)c1nc2cc(C(F)(F)F)ccc2o1. The summed E-state index contributed by atoms with van der Waals surface area (Å²) in [4.78, 5) is 3.97. The highest BCUT2D eigenvalue weighted by atomic mass is 19.4. The van der Waals surface area contributed by atoms with Crippen LogP contribution in [-0.4, -0.2) is 4.98 Å². The molecular formula is C11H11F3N2O. The van der Waals surface area contributed by atoms with E-state index in [4.69, 9.17) is 10.2 Å². The third-order valence-electron chi connectivity index (χ3n) is 2.49. The van der Waals surface area contributed by atoms with Crippen molar-refractivity contribution in [3.05, 3.63) is 29.7 Å². The van der Waals surface area contributed by atoms with Gasteiger partial charge in [-0.25, -0.2) is 4.98 Å². The average molecular weight is 244 g/mol. The maximum Gasteiger partial charge on any atom is 0.416 e. The van der Waals surface area contributed by atoms with Crippen LogP contribution in [0.5, 0.6) is 0 Å². The molecule has 6 heteroatoms. The summed E-state index contributed by atoms with van der Waals surface area (Å²) in [5.74, 6) is 0.266. The van der Waals surface area contributed by atoms with Crippen LogP contribution >= 0.6 is 0 Å². The minimum absolute atomic E-state index is 0.179. The monoisotopic (exact) mass is 244 g/mol. The van der Waals surface area contributed by atoms with E-state index in [1.807, 2.05) is 6.92 Å². The molecule has 2 N–H and O–H groups in total. The molecule has 0 saturated carbocycles. The molecule has 1 unspecified atom stereocenters. The molecule has 3 nitrogen and oxygen atoms in total. The van der Waals surface area contributed by atoms with Gasteiger partial charge in [-0.05, 0) is 24.6 Å². The predicted octanol–water partition coefficient (Wildman–Crippen LogP) is 3.26. The van der Waals surface area contributed by atoms with Crippen molar-refractivity contribution >= 4 is 11.1 Å². The largest absolute Gasteiger partial charge is 0.439 e. The summed E-state index contributed by atoms with van der Waals surface area (Å²) in [5.41, 5.74) is 5.46. The zero-order valence-electron chi connectivity index (χ0n) is 9.08. The second-order valence-electron chi connectivity index (χ2n) is 3.75. The molecule has 0 aliphatic rings. The molecular weight excluding hydrogens is 233 g/mol. The minimum Gasteiger partial charge on any atom is -0.439 e. The first-order valence-electron chi connectivity index (χ1n) is 5.15. The lowest BCUT2D eigenvalue weighted by Crippen LogP contribution is -2.08. The van der Waals surface area contributed by atoms with Crippen molar-refractivity contribution in [2.24, 2.45) is 5.73 Å². The minimum atomic E-state index is -4.37. The first-order valence-corrected chi connectivity index (χ1v) is 5.15. The Labute approximate surface area is 95.4 Å². The molecule has 0 spiro atoms. The van der Waals surface area contributed by atoms with Crippen molar-refractivity contribution in [1.82, 2.24) is 4.98 Å². The van der Waals surface area contributed by atoms with Gasteiger partial charge >= 0.3 is 6.18 Å². The van der Waals surface area contributed by atoms with E-state index in [0.29, 0.717) is 12.0 Å². The van der Waals surface area contributed by atoms with Crippen molar-refractivity contribution in [1.29, 1.82) is 0 Å². The predicted molar refractivity (Wildman–Crippen MR) is 56.2 cm³/mol. The van der Waals surface area contributed by atoms with Gasteiger partial charge in [0, 0.05) is 0 Å². The Morgan fingerprint density at radius 1 is 1.41 bits per heavy atom. The van der Waals surface area contributed by atoms with Crippen molar-refractivity contribution < 1.29 is 17.6 Å². The summed E-state index contributed by atoms with van der Waals surface area (Å²) in [6, 6.07) is 2.80. The number of halogens is 3. The van der Waals surface area contributed by atoms with Crippen LogP contribution in [0, 0.1) is 0 Å². The molecule has 1 aromatic heterocycles. The molecule has 0 aliphatic carbocycles. The molecule has 0 fully saturated rings. The number of rotatable bonds is 2. The van der Waals surface area contributed by atoms with Crippen LogP contribution in [0.15, 0.2) is 22.6 Å². The fourth-order valence-electron chi connectivity index (χ4n) is 1.45. The summed E-state index contributed by atoms with van der Waals surface area (Å²) < 4.78 is 42.7. The van der Waals surface area contributed by atoms with Gasteiger partial charge in [0.25, 0.3) is 0 Å². The van der Waals surface area contributed by atoms with E-state index in [2.05, 4.69) is 4.98 Å². The highest BCUT2D eigenvalue weighted by Crippen LogP contribution is 2.32. The summed E-state index contributed by atoms with van der Waals surface area (Å²) in [7, 11) is 0. The summed E-state index contributed by atoms with van der Waals surface area (Å²) >= 11 is 0. The number of fused-ring (bicyclic) bond motifs is 1. The van der Waals surface area contributed by atoms with Crippen LogP contribution in [-0.2, 0) is 6.18 Å². The molecule has 0 bridgehead atoms. The molecule has 0 saturated heterocycles. The first-order chi connectivity index (χ1) is 7.91. The van der Waals surface area contributed by atoms with Crippen LogP contribution in [0.4, 0.5) is 13.2 Å². The van der Waals surface area contributed by atoms with Crippen molar-refractivity contribution in [3.63, 3.8) is 0 Å². The molecule has 1 aromatic carbocycles. The number of hydrogen-bond donors (Lipinski definition) is 1. The molecule has 1 heterocycles. The van der Waals surface area contributed by atoms with E-state index >= 15 is 0 Å². The Morgan fingerprint density at radius 3 is 2.71 bits per heavy atom. The second kappa shape index (κ2) is 4.03. The van der Waals surface area contributed by atoms with Gasteiger partial charge in [0.05, 0.1) is 11.6 Å². The molecule has 92 valence electrons. The van der Waals surface area contributed by atoms with Gasteiger partial charge in [-0.2, -0.15) is 13.2 Å². The molecule has 2 aromatic rings. The Balaban J connectivity index is 2.48. The van der Waals surface area contributed by atoms with Crippen LogP contribution in [0.1, 0.15) is 30.8 Å². The van der Waals surface area contributed by atoms with Gasteiger partial charge in [0.2, 0.25) is 5.89 Å². The van der Waals surface area contributed by atoms with E-state index in [9.17, 15) is 13.2 Å². The van der Waals surface area contributed by atoms with Crippen molar-refractivity contribution in [2.45, 2.75) is 25.6 Å². The standard InChI is InChI=1S/C11H11F3N2O/c1-2-7(15)10-16-8-5-6(11(12,13)14)3-4-9(8)17-10/h3-5,7H,2,15H2,1H3. The molecule has 2 rings (SSSR count). The van der Waals surface area contributed by atoms with Crippen LogP contribution in [0.2, 0.25) is 0 Å². The molecule has 1 atom stereocenters. The van der Waals surface area contributed by atoms with Gasteiger partial charge in [-0.1, -0.05) is 6.92 Å². The van der Waals surface area contributed by atoms with Crippen LogP contribution in [0.3, 0.4) is 0 Å². The lowest BCUT2D eigenvalue weighted by Gasteiger charge is -2.04. The Morgan fingerprint density at radius 2 is 2.12 bits per heavy atom. The van der Waals surface area contributed by atoms with E-state index in [-0.39, 0.29) is 11.4 Å². The Bertz CT molecular complexity index is 533. The third kappa shape index (κ3) is 2.26. The number of oxazole rings is 1. The fourth-order valence-corrected chi connectivity index (χ4v) is 1.45. The van der Waals surface area contributed by atoms with Crippen LogP contribution < -0.4 is 5.73 Å². The summed E-state index contributed by atoms with van der Waals surface area (Å²) in [5, 5.41) is 0. The fraction of sp³-hybridized carbons (Fsp3) is 0.364. The highest BCUT2D eigenvalue weighted by Gasteiger charge is 2.31. The molecule has 0 amide bonds. The van der Waals surface area contributed by atoms with E-state index in [1.54, 1.807) is 0 Å². The maximum absolute atomic E-state index is 12.5. The van der Waals surface area contributed by atoms with Crippen molar-refractivity contribution in [3.8, 4) is 0 Å². The lowest BCUT2D eigenvalue weighted by molar-refractivity contribution is -0.137. The van der Waals surface area contributed by atoms with Crippen molar-refractivity contribution in [2.75, 3.05) is 0 Å². The maximum atomic E-state index is 12.5.